The number of nitrogen functional groups attached to an aromatic ring is 1. The van der Waals surface area contributed by atoms with Crippen LogP contribution in [0.25, 0.3) is 0 Å². The average molecular weight is 402 g/mol. The van der Waals surface area contributed by atoms with Gasteiger partial charge in [0.1, 0.15) is 11.5 Å². The number of amides is 1. The first-order valence-corrected chi connectivity index (χ1v) is 9.41. The monoisotopic (exact) mass is 402 g/mol. The molecule has 3 rings (SSSR count). The molecule has 8 heteroatoms. The summed E-state index contributed by atoms with van der Waals surface area (Å²) in [6, 6.07) is 11.1. The average Bonchev–Trinajstić information content (AvgIpc) is 2.77. The fourth-order valence-electron chi connectivity index (χ4n) is 2.51. The third-order valence-corrected chi connectivity index (χ3v) is 3.96. The van der Waals surface area contributed by atoms with Gasteiger partial charge in [0.15, 0.2) is 6.61 Å². The maximum atomic E-state index is 12.4. The number of benzene rings is 1. The van der Waals surface area contributed by atoms with E-state index in [2.05, 4.69) is 37.4 Å². The van der Waals surface area contributed by atoms with E-state index in [0.717, 1.165) is 17.7 Å². The number of nitrogens with zero attached hydrogens (tertiary/aromatic N) is 3. The SMILES string of the molecule is CCC#CCOc1cnc(C(=O)Nc2cccc(CNc3cccnc3N)c2)cn1. The van der Waals surface area contributed by atoms with Crippen LogP contribution in [-0.2, 0) is 6.54 Å². The summed E-state index contributed by atoms with van der Waals surface area (Å²) in [5, 5.41) is 6.04. The van der Waals surface area contributed by atoms with Crippen LogP contribution >= 0.6 is 0 Å². The molecular formula is C22H22N6O2. The first kappa shape index (κ1) is 20.6. The number of hydrogen-bond donors (Lipinski definition) is 3. The van der Waals surface area contributed by atoms with Crippen molar-refractivity contribution < 1.29 is 9.53 Å². The lowest BCUT2D eigenvalue weighted by Gasteiger charge is -2.10. The van der Waals surface area contributed by atoms with E-state index >= 15 is 0 Å². The first-order chi connectivity index (χ1) is 14.7. The van der Waals surface area contributed by atoms with Crippen molar-refractivity contribution in [3.05, 3.63) is 66.2 Å². The van der Waals surface area contributed by atoms with E-state index in [1.165, 1.54) is 12.4 Å². The highest BCUT2D eigenvalue weighted by Crippen LogP contribution is 2.17. The number of ether oxygens (including phenoxy) is 1. The number of pyridine rings is 1. The minimum Gasteiger partial charge on any atom is -0.463 e. The zero-order valence-electron chi connectivity index (χ0n) is 16.6. The van der Waals surface area contributed by atoms with Crippen molar-refractivity contribution in [3.8, 4) is 17.7 Å². The molecule has 0 radical (unpaired) electrons. The van der Waals surface area contributed by atoms with Gasteiger partial charge in [0, 0.05) is 24.8 Å². The van der Waals surface area contributed by atoms with E-state index in [1.807, 2.05) is 37.3 Å². The van der Waals surface area contributed by atoms with Gasteiger partial charge in [0.2, 0.25) is 5.88 Å². The predicted molar refractivity (Wildman–Crippen MR) is 116 cm³/mol. The minimum absolute atomic E-state index is 0.189. The first-order valence-electron chi connectivity index (χ1n) is 9.41. The Hall–Kier alpha value is -4.12. The van der Waals surface area contributed by atoms with Crippen molar-refractivity contribution in [2.45, 2.75) is 19.9 Å². The molecule has 1 amide bonds. The highest BCUT2D eigenvalue weighted by molar-refractivity contribution is 6.02. The standard InChI is InChI=1S/C22H22N6O2/c1-2-3-4-11-30-20-15-26-19(14-27-20)22(29)28-17-8-5-7-16(12-17)13-25-18-9-6-10-24-21(18)23/h5-10,12,14-15,25H,2,11,13H2,1H3,(H2,23,24)(H,28,29). The fraction of sp³-hybridized carbons (Fsp3) is 0.182. The van der Waals surface area contributed by atoms with Gasteiger partial charge in [0.25, 0.3) is 5.91 Å². The third-order valence-electron chi connectivity index (χ3n) is 3.96. The van der Waals surface area contributed by atoms with Crippen molar-refractivity contribution in [2.75, 3.05) is 23.0 Å². The summed E-state index contributed by atoms with van der Waals surface area (Å²) < 4.78 is 5.35. The lowest BCUT2D eigenvalue weighted by Crippen LogP contribution is -2.14. The smallest absolute Gasteiger partial charge is 0.275 e. The number of rotatable bonds is 7. The van der Waals surface area contributed by atoms with Crippen LogP contribution in [0, 0.1) is 11.8 Å². The molecule has 0 saturated carbocycles. The van der Waals surface area contributed by atoms with Crippen molar-refractivity contribution in [1.29, 1.82) is 0 Å². The molecule has 30 heavy (non-hydrogen) atoms. The van der Waals surface area contributed by atoms with Crippen LogP contribution in [-0.4, -0.2) is 27.5 Å². The molecule has 4 N–H and O–H groups in total. The summed E-state index contributed by atoms with van der Waals surface area (Å²) in [4.78, 5) is 24.7. The summed E-state index contributed by atoms with van der Waals surface area (Å²) >= 11 is 0. The van der Waals surface area contributed by atoms with Gasteiger partial charge in [-0.1, -0.05) is 25.0 Å². The second-order valence-corrected chi connectivity index (χ2v) is 6.18. The van der Waals surface area contributed by atoms with Gasteiger partial charge in [-0.2, -0.15) is 0 Å². The van der Waals surface area contributed by atoms with Crippen LogP contribution in [0.4, 0.5) is 17.2 Å². The quantitative estimate of drug-likeness (QED) is 0.520. The maximum Gasteiger partial charge on any atom is 0.275 e. The molecule has 152 valence electrons. The number of anilines is 3. The molecule has 2 heterocycles. The highest BCUT2D eigenvalue weighted by atomic mass is 16.5. The second-order valence-electron chi connectivity index (χ2n) is 6.18. The normalized spacial score (nSPS) is 9.90. The molecule has 3 aromatic rings. The summed E-state index contributed by atoms with van der Waals surface area (Å²) in [5.41, 5.74) is 8.40. The largest absolute Gasteiger partial charge is 0.463 e. The summed E-state index contributed by atoms with van der Waals surface area (Å²) in [7, 11) is 0. The van der Waals surface area contributed by atoms with Crippen molar-refractivity contribution in [1.82, 2.24) is 15.0 Å². The maximum absolute atomic E-state index is 12.4. The molecule has 0 bridgehead atoms. The molecule has 0 fully saturated rings. The topological polar surface area (TPSA) is 115 Å². The summed E-state index contributed by atoms with van der Waals surface area (Å²) in [6.45, 7) is 2.73. The molecule has 0 aliphatic heterocycles. The van der Waals surface area contributed by atoms with Crippen LogP contribution in [0.5, 0.6) is 5.88 Å². The van der Waals surface area contributed by atoms with Gasteiger partial charge in [-0.15, -0.1) is 5.92 Å². The van der Waals surface area contributed by atoms with Crippen LogP contribution < -0.4 is 21.1 Å². The van der Waals surface area contributed by atoms with E-state index in [4.69, 9.17) is 10.5 Å². The summed E-state index contributed by atoms with van der Waals surface area (Å²) in [5.74, 6) is 6.14. The Kier molecular flexibility index (Phi) is 7.17. The van der Waals surface area contributed by atoms with Gasteiger partial charge >= 0.3 is 0 Å². The number of carbonyl (C=O) groups excluding carboxylic acids is 1. The molecule has 0 aliphatic carbocycles. The van der Waals surface area contributed by atoms with Gasteiger partial charge in [-0.05, 0) is 29.8 Å². The van der Waals surface area contributed by atoms with Crippen molar-refractivity contribution in [2.24, 2.45) is 0 Å². The van der Waals surface area contributed by atoms with Gasteiger partial charge in [-0.25, -0.2) is 15.0 Å². The van der Waals surface area contributed by atoms with E-state index in [9.17, 15) is 4.79 Å². The summed E-state index contributed by atoms with van der Waals surface area (Å²) in [6.07, 6.45) is 5.18. The van der Waals surface area contributed by atoms with Gasteiger partial charge < -0.3 is 21.1 Å². The van der Waals surface area contributed by atoms with Crippen LogP contribution in [0.15, 0.2) is 55.0 Å². The molecule has 0 spiro atoms. The Morgan fingerprint density at radius 2 is 2.03 bits per heavy atom. The fourth-order valence-corrected chi connectivity index (χ4v) is 2.51. The molecular weight excluding hydrogens is 380 g/mol. The molecule has 1 aromatic carbocycles. The molecule has 0 saturated heterocycles. The van der Waals surface area contributed by atoms with Crippen LogP contribution in [0.2, 0.25) is 0 Å². The van der Waals surface area contributed by atoms with Crippen molar-refractivity contribution >= 4 is 23.1 Å². The van der Waals surface area contributed by atoms with Crippen LogP contribution in [0.3, 0.4) is 0 Å². The molecule has 0 aliphatic rings. The number of nitrogens with two attached hydrogens (primary N) is 1. The Bertz CT molecular complexity index is 1060. The Morgan fingerprint density at radius 3 is 2.80 bits per heavy atom. The predicted octanol–water partition coefficient (Wildman–Crippen LogP) is 3.11. The molecule has 8 nitrogen and oxygen atoms in total. The van der Waals surface area contributed by atoms with Gasteiger partial charge in [-0.3, -0.25) is 4.79 Å². The van der Waals surface area contributed by atoms with Crippen molar-refractivity contribution in [3.63, 3.8) is 0 Å². The lowest BCUT2D eigenvalue weighted by molar-refractivity contribution is 0.102. The minimum atomic E-state index is -0.360. The zero-order chi connectivity index (χ0) is 21.2. The molecule has 0 atom stereocenters. The number of nitrogens with one attached hydrogen (secondary N) is 2. The van der Waals surface area contributed by atoms with E-state index in [-0.39, 0.29) is 18.2 Å². The van der Waals surface area contributed by atoms with Gasteiger partial charge in [0.05, 0.1) is 18.1 Å². The number of hydrogen-bond acceptors (Lipinski definition) is 7. The van der Waals surface area contributed by atoms with Crippen LogP contribution in [0.1, 0.15) is 29.4 Å². The lowest BCUT2D eigenvalue weighted by atomic mass is 10.2. The highest BCUT2D eigenvalue weighted by Gasteiger charge is 2.09. The Labute approximate surface area is 174 Å². The zero-order valence-corrected chi connectivity index (χ0v) is 16.6. The Balaban J connectivity index is 1.57. The van der Waals surface area contributed by atoms with E-state index in [1.54, 1.807) is 12.3 Å². The second kappa shape index (κ2) is 10.4. The number of carbonyl (C=O) groups is 1. The molecule has 2 aromatic heterocycles. The Morgan fingerprint density at radius 1 is 1.13 bits per heavy atom. The molecule has 0 unspecified atom stereocenters. The third kappa shape index (κ3) is 5.94. The van der Waals surface area contributed by atoms with E-state index < -0.39 is 0 Å². The van der Waals surface area contributed by atoms with E-state index in [0.29, 0.717) is 23.9 Å². The number of aromatic nitrogens is 3.